The van der Waals surface area contributed by atoms with E-state index in [1.807, 2.05) is 6.08 Å². The maximum Gasteiger partial charge on any atom is 0.305 e. The van der Waals surface area contributed by atoms with Gasteiger partial charge in [-0.15, -0.1) is 0 Å². The second-order valence-electron chi connectivity index (χ2n) is 21.7. The number of carbonyl (C=O) groups excluding carboxylic acids is 2. The molecule has 0 aliphatic rings. The molecule has 0 aliphatic heterocycles. The van der Waals surface area contributed by atoms with Crippen molar-refractivity contribution in [2.24, 2.45) is 0 Å². The SMILES string of the molecule is CCCC/C=C\C/C=C\CCCCCCCC(=O)OCCCCCCCCCCCCCCCCCCC(=O)NC(CO)C(O)/C=C/CCCCCCCCCCCCCCCCCCCCCCCC. The van der Waals surface area contributed by atoms with E-state index >= 15 is 0 Å². The monoisotopic (exact) mass is 998 g/mol. The maximum atomic E-state index is 12.5. The minimum atomic E-state index is -0.851. The van der Waals surface area contributed by atoms with Crippen LogP contribution in [0.5, 0.6) is 0 Å². The van der Waals surface area contributed by atoms with E-state index < -0.39 is 12.1 Å². The lowest BCUT2D eigenvalue weighted by Crippen LogP contribution is -2.45. The van der Waals surface area contributed by atoms with E-state index in [0.717, 1.165) is 57.8 Å². The zero-order valence-electron chi connectivity index (χ0n) is 47.7. The van der Waals surface area contributed by atoms with Crippen LogP contribution in [0.4, 0.5) is 0 Å². The van der Waals surface area contributed by atoms with Crippen molar-refractivity contribution in [2.75, 3.05) is 13.2 Å². The molecular formula is C65H123NO5. The summed E-state index contributed by atoms with van der Waals surface area (Å²) in [4.78, 5) is 24.6. The average molecular weight is 999 g/mol. The molecule has 6 nitrogen and oxygen atoms in total. The highest BCUT2D eigenvalue weighted by molar-refractivity contribution is 5.76. The number of unbranched alkanes of at least 4 members (excludes halogenated alkanes) is 44. The first kappa shape index (κ1) is 69.1. The van der Waals surface area contributed by atoms with Crippen LogP contribution in [-0.2, 0) is 14.3 Å². The van der Waals surface area contributed by atoms with Crippen molar-refractivity contribution in [1.29, 1.82) is 0 Å². The standard InChI is InChI=1S/C65H123NO5/c1-3-5-7-9-11-13-15-17-19-20-21-22-23-24-25-26-27-30-33-37-41-45-49-53-57-63(68)62(61-67)66-64(69)58-54-50-46-42-38-34-31-28-29-32-36-40-44-48-52-56-60-71-65(70)59-55-51-47-43-39-35-18-16-14-12-10-8-6-4-2/h10,12,16,18,53,57,62-63,67-68H,3-9,11,13-15,17,19-52,54-56,58-61H2,1-2H3,(H,66,69)/b12-10-,18-16-,57-53+. The molecule has 0 aromatic heterocycles. The Hall–Kier alpha value is -1.92. The number of carbonyl (C=O) groups is 2. The Kier molecular flexibility index (Phi) is 59.0. The molecule has 2 unspecified atom stereocenters. The Balaban J connectivity index is 3.46. The Morgan fingerprint density at radius 1 is 0.394 bits per heavy atom. The number of amides is 1. The van der Waals surface area contributed by atoms with Gasteiger partial charge in [-0.1, -0.05) is 307 Å². The van der Waals surface area contributed by atoms with Gasteiger partial charge >= 0.3 is 5.97 Å². The lowest BCUT2D eigenvalue weighted by Gasteiger charge is -2.20. The third kappa shape index (κ3) is 57.2. The lowest BCUT2D eigenvalue weighted by molar-refractivity contribution is -0.143. The molecule has 0 aliphatic carbocycles. The minimum Gasteiger partial charge on any atom is -0.466 e. The number of aliphatic hydroxyl groups excluding tert-OH is 2. The molecule has 71 heavy (non-hydrogen) atoms. The van der Waals surface area contributed by atoms with Crippen molar-refractivity contribution in [1.82, 2.24) is 5.32 Å². The number of nitrogens with one attached hydrogen (secondary N) is 1. The first-order chi connectivity index (χ1) is 35.0. The van der Waals surface area contributed by atoms with Crippen LogP contribution in [0, 0.1) is 0 Å². The van der Waals surface area contributed by atoms with Gasteiger partial charge < -0.3 is 20.3 Å². The molecule has 0 aromatic rings. The van der Waals surface area contributed by atoms with Crippen molar-refractivity contribution in [3.05, 3.63) is 36.5 Å². The van der Waals surface area contributed by atoms with Crippen LogP contribution in [0.2, 0.25) is 0 Å². The quantitative estimate of drug-likeness (QED) is 0.0321. The van der Waals surface area contributed by atoms with Crippen LogP contribution in [0.15, 0.2) is 36.5 Å². The molecule has 0 spiro atoms. The number of allylic oxidation sites excluding steroid dienone is 5. The molecule has 0 saturated carbocycles. The van der Waals surface area contributed by atoms with Gasteiger partial charge in [0.1, 0.15) is 0 Å². The molecule has 0 fully saturated rings. The number of aliphatic hydroxyl groups is 2. The predicted molar refractivity (Wildman–Crippen MR) is 310 cm³/mol. The topological polar surface area (TPSA) is 95.9 Å². The Bertz CT molecular complexity index is 1150. The summed E-state index contributed by atoms with van der Waals surface area (Å²) in [6.07, 6.45) is 76.1. The van der Waals surface area contributed by atoms with E-state index in [0.29, 0.717) is 19.4 Å². The molecule has 3 N–H and O–H groups in total. The molecule has 1 amide bonds. The zero-order valence-corrected chi connectivity index (χ0v) is 47.7. The number of esters is 1. The third-order valence-corrected chi connectivity index (χ3v) is 14.7. The summed E-state index contributed by atoms with van der Waals surface area (Å²) >= 11 is 0. The normalized spacial score (nSPS) is 12.8. The van der Waals surface area contributed by atoms with Crippen molar-refractivity contribution in [3.8, 4) is 0 Å². The first-order valence-electron chi connectivity index (χ1n) is 31.8. The highest BCUT2D eigenvalue weighted by Gasteiger charge is 2.18. The fourth-order valence-electron chi connectivity index (χ4n) is 9.77. The molecule has 0 bridgehead atoms. The van der Waals surface area contributed by atoms with Gasteiger partial charge in [0, 0.05) is 12.8 Å². The van der Waals surface area contributed by atoms with Crippen LogP contribution < -0.4 is 5.32 Å². The fraction of sp³-hybridized carbons (Fsp3) is 0.877. The average Bonchev–Trinajstić information content (AvgIpc) is 3.37. The van der Waals surface area contributed by atoms with Gasteiger partial charge in [0.05, 0.1) is 25.4 Å². The lowest BCUT2D eigenvalue weighted by atomic mass is 10.0. The maximum absolute atomic E-state index is 12.5. The number of rotatable bonds is 59. The van der Waals surface area contributed by atoms with Crippen LogP contribution in [0.3, 0.4) is 0 Å². The van der Waals surface area contributed by atoms with E-state index in [9.17, 15) is 19.8 Å². The number of hydrogen-bond acceptors (Lipinski definition) is 5. The summed E-state index contributed by atoms with van der Waals surface area (Å²) in [7, 11) is 0. The fourth-order valence-corrected chi connectivity index (χ4v) is 9.77. The van der Waals surface area contributed by atoms with Gasteiger partial charge in [0.15, 0.2) is 0 Å². The van der Waals surface area contributed by atoms with Gasteiger partial charge in [0.2, 0.25) is 5.91 Å². The first-order valence-corrected chi connectivity index (χ1v) is 31.8. The Labute approximate surface area is 443 Å². The summed E-state index contributed by atoms with van der Waals surface area (Å²) in [5.41, 5.74) is 0. The second-order valence-corrected chi connectivity index (χ2v) is 21.7. The molecule has 418 valence electrons. The van der Waals surface area contributed by atoms with Crippen LogP contribution in [0.25, 0.3) is 0 Å². The number of hydrogen-bond donors (Lipinski definition) is 3. The Morgan fingerprint density at radius 3 is 1.11 bits per heavy atom. The van der Waals surface area contributed by atoms with E-state index in [1.54, 1.807) is 6.08 Å². The molecule has 6 heteroatoms. The minimum absolute atomic E-state index is 0.0120. The highest BCUT2D eigenvalue weighted by atomic mass is 16.5. The zero-order chi connectivity index (χ0) is 51.4. The molecule has 0 saturated heterocycles. The van der Waals surface area contributed by atoms with Crippen molar-refractivity contribution >= 4 is 11.9 Å². The Morgan fingerprint density at radius 2 is 0.718 bits per heavy atom. The van der Waals surface area contributed by atoms with Crippen molar-refractivity contribution < 1.29 is 24.5 Å². The van der Waals surface area contributed by atoms with Crippen LogP contribution in [-0.4, -0.2) is 47.4 Å². The van der Waals surface area contributed by atoms with Gasteiger partial charge in [-0.05, 0) is 57.8 Å². The summed E-state index contributed by atoms with van der Waals surface area (Å²) in [6, 6.07) is -0.635. The molecule has 2 atom stereocenters. The smallest absolute Gasteiger partial charge is 0.305 e. The summed E-state index contributed by atoms with van der Waals surface area (Å²) in [5.74, 6) is -0.0842. The van der Waals surface area contributed by atoms with Crippen LogP contribution >= 0.6 is 0 Å². The summed E-state index contributed by atoms with van der Waals surface area (Å²) in [5, 5.41) is 23.2. The molecule has 0 aromatic carbocycles. The third-order valence-electron chi connectivity index (χ3n) is 14.7. The van der Waals surface area contributed by atoms with E-state index in [2.05, 4.69) is 43.5 Å². The van der Waals surface area contributed by atoms with E-state index in [-0.39, 0.29) is 18.5 Å². The van der Waals surface area contributed by atoms with Crippen molar-refractivity contribution in [3.63, 3.8) is 0 Å². The molecule has 0 heterocycles. The summed E-state index contributed by atoms with van der Waals surface area (Å²) in [6.45, 7) is 4.87. The second kappa shape index (κ2) is 60.6. The summed E-state index contributed by atoms with van der Waals surface area (Å²) < 4.78 is 5.47. The van der Waals surface area contributed by atoms with Gasteiger partial charge in [-0.25, -0.2) is 0 Å². The van der Waals surface area contributed by atoms with Gasteiger partial charge in [-0.2, -0.15) is 0 Å². The predicted octanol–water partition coefficient (Wildman–Crippen LogP) is 20.0. The van der Waals surface area contributed by atoms with Crippen LogP contribution in [0.1, 0.15) is 341 Å². The van der Waals surface area contributed by atoms with E-state index in [4.69, 9.17) is 4.74 Å². The molecule has 0 radical (unpaired) electrons. The van der Waals surface area contributed by atoms with Crippen molar-refractivity contribution in [2.45, 2.75) is 353 Å². The molecule has 0 rings (SSSR count). The highest BCUT2D eigenvalue weighted by Crippen LogP contribution is 2.18. The van der Waals surface area contributed by atoms with Gasteiger partial charge in [-0.3, -0.25) is 9.59 Å². The largest absolute Gasteiger partial charge is 0.466 e. The molecular weight excluding hydrogens is 875 g/mol. The number of ether oxygens (including phenoxy) is 1. The van der Waals surface area contributed by atoms with Gasteiger partial charge in [0.25, 0.3) is 0 Å². The van der Waals surface area contributed by atoms with E-state index in [1.165, 1.54) is 257 Å².